The lowest BCUT2D eigenvalue weighted by molar-refractivity contribution is -0.150. The summed E-state index contributed by atoms with van der Waals surface area (Å²) in [5, 5.41) is 0. The summed E-state index contributed by atoms with van der Waals surface area (Å²) in [6.07, 6.45) is 1.81. The Hall–Kier alpha value is -1.77. The number of esters is 1. The standard InChI is InChI=1S/C19H19BrFNO4S/c20-15-6-4-14(5-7-15)13-26-19(23)18-3-1-2-12-22(18)27(24,25)17-10-8-16(21)9-11-17/h4-11,18H,1-3,12-13H2. The van der Waals surface area contributed by atoms with Gasteiger partial charge in [0.05, 0.1) is 4.90 Å². The molecule has 1 saturated heterocycles. The molecule has 1 atom stereocenters. The lowest BCUT2D eigenvalue weighted by Crippen LogP contribution is -2.48. The number of carbonyl (C=O) groups is 1. The summed E-state index contributed by atoms with van der Waals surface area (Å²) < 4.78 is 46.4. The Kier molecular flexibility index (Phi) is 6.29. The van der Waals surface area contributed by atoms with E-state index in [0.717, 1.165) is 28.6 Å². The molecule has 27 heavy (non-hydrogen) atoms. The zero-order valence-electron chi connectivity index (χ0n) is 14.5. The van der Waals surface area contributed by atoms with Crippen LogP contribution in [0, 0.1) is 5.82 Å². The third-order valence-corrected chi connectivity index (χ3v) is 6.89. The van der Waals surface area contributed by atoms with Crippen LogP contribution in [0.5, 0.6) is 0 Å². The number of benzene rings is 2. The molecule has 3 rings (SSSR count). The van der Waals surface area contributed by atoms with Gasteiger partial charge in [-0.15, -0.1) is 0 Å². The van der Waals surface area contributed by atoms with Gasteiger partial charge in [0.25, 0.3) is 0 Å². The molecule has 0 aliphatic carbocycles. The Bertz CT molecular complexity index is 900. The summed E-state index contributed by atoms with van der Waals surface area (Å²) in [6.45, 7) is 0.310. The van der Waals surface area contributed by atoms with Crippen LogP contribution in [0.3, 0.4) is 0 Å². The molecule has 1 unspecified atom stereocenters. The van der Waals surface area contributed by atoms with Crippen molar-refractivity contribution in [2.24, 2.45) is 0 Å². The van der Waals surface area contributed by atoms with E-state index < -0.39 is 27.9 Å². The highest BCUT2D eigenvalue weighted by Gasteiger charge is 2.38. The fourth-order valence-electron chi connectivity index (χ4n) is 3.00. The van der Waals surface area contributed by atoms with E-state index in [1.165, 1.54) is 16.4 Å². The smallest absolute Gasteiger partial charge is 0.324 e. The average molecular weight is 456 g/mol. The molecule has 1 heterocycles. The van der Waals surface area contributed by atoms with Gasteiger partial charge < -0.3 is 4.74 Å². The van der Waals surface area contributed by atoms with Crippen LogP contribution in [0.2, 0.25) is 0 Å². The number of rotatable bonds is 5. The summed E-state index contributed by atoms with van der Waals surface area (Å²) in [4.78, 5) is 12.6. The van der Waals surface area contributed by atoms with Crippen LogP contribution in [-0.4, -0.2) is 31.3 Å². The van der Waals surface area contributed by atoms with Crippen LogP contribution < -0.4 is 0 Å². The summed E-state index contributed by atoms with van der Waals surface area (Å²) in [7, 11) is -3.90. The molecule has 2 aromatic carbocycles. The molecule has 0 bridgehead atoms. The second-order valence-corrected chi connectivity index (χ2v) is 9.12. The van der Waals surface area contributed by atoms with Crippen molar-refractivity contribution < 1.29 is 22.3 Å². The molecule has 0 aromatic heterocycles. The van der Waals surface area contributed by atoms with Crippen molar-refractivity contribution in [2.45, 2.75) is 36.8 Å². The Morgan fingerprint density at radius 3 is 2.44 bits per heavy atom. The summed E-state index contributed by atoms with van der Waals surface area (Å²) >= 11 is 3.34. The van der Waals surface area contributed by atoms with E-state index in [2.05, 4.69) is 15.9 Å². The molecule has 1 fully saturated rings. The molecular formula is C19H19BrFNO4S. The minimum atomic E-state index is -3.90. The van der Waals surface area contributed by atoms with Crippen molar-refractivity contribution >= 4 is 31.9 Å². The molecule has 5 nitrogen and oxygen atoms in total. The van der Waals surface area contributed by atoms with Gasteiger partial charge in [0.1, 0.15) is 18.5 Å². The Balaban J connectivity index is 1.75. The van der Waals surface area contributed by atoms with E-state index in [-0.39, 0.29) is 18.0 Å². The SMILES string of the molecule is O=C(OCc1ccc(Br)cc1)C1CCCCN1S(=O)(=O)c1ccc(F)cc1. The van der Waals surface area contributed by atoms with Gasteiger partial charge in [0.2, 0.25) is 10.0 Å². The van der Waals surface area contributed by atoms with Crippen molar-refractivity contribution in [3.63, 3.8) is 0 Å². The first-order valence-corrected chi connectivity index (χ1v) is 10.8. The highest BCUT2D eigenvalue weighted by molar-refractivity contribution is 9.10. The molecule has 0 saturated carbocycles. The monoisotopic (exact) mass is 455 g/mol. The highest BCUT2D eigenvalue weighted by Crippen LogP contribution is 2.26. The van der Waals surface area contributed by atoms with Gasteiger partial charge >= 0.3 is 5.97 Å². The predicted octanol–water partition coefficient (Wildman–Crippen LogP) is 3.87. The maximum Gasteiger partial charge on any atom is 0.324 e. The van der Waals surface area contributed by atoms with Gasteiger partial charge in [-0.3, -0.25) is 4.79 Å². The van der Waals surface area contributed by atoms with Crippen LogP contribution in [0.1, 0.15) is 24.8 Å². The van der Waals surface area contributed by atoms with Gasteiger partial charge in [-0.2, -0.15) is 4.31 Å². The molecule has 0 spiro atoms. The first-order chi connectivity index (χ1) is 12.9. The molecule has 1 aliphatic heterocycles. The summed E-state index contributed by atoms with van der Waals surface area (Å²) in [5.41, 5.74) is 0.815. The van der Waals surface area contributed by atoms with Crippen LogP contribution in [0.15, 0.2) is 57.9 Å². The van der Waals surface area contributed by atoms with Crippen molar-refractivity contribution in [3.05, 3.63) is 64.4 Å². The van der Waals surface area contributed by atoms with Crippen molar-refractivity contribution in [3.8, 4) is 0 Å². The summed E-state index contributed by atoms with van der Waals surface area (Å²) in [6, 6.07) is 11.1. The molecule has 8 heteroatoms. The van der Waals surface area contributed by atoms with Gasteiger partial charge in [0.15, 0.2) is 0 Å². The Morgan fingerprint density at radius 1 is 1.11 bits per heavy atom. The molecule has 0 N–H and O–H groups in total. The number of halogens is 2. The van der Waals surface area contributed by atoms with Crippen molar-refractivity contribution in [1.82, 2.24) is 4.31 Å². The van der Waals surface area contributed by atoms with E-state index in [4.69, 9.17) is 4.74 Å². The first kappa shape index (κ1) is 20.0. The second kappa shape index (κ2) is 8.50. The van der Waals surface area contributed by atoms with Crippen LogP contribution >= 0.6 is 15.9 Å². The topological polar surface area (TPSA) is 63.7 Å². The Morgan fingerprint density at radius 2 is 1.78 bits per heavy atom. The minimum absolute atomic E-state index is 0.0310. The van der Waals surface area contributed by atoms with Crippen molar-refractivity contribution in [1.29, 1.82) is 0 Å². The maximum atomic E-state index is 13.1. The number of hydrogen-bond donors (Lipinski definition) is 0. The number of ether oxygens (including phenoxy) is 1. The van der Waals surface area contributed by atoms with Crippen LogP contribution in [0.25, 0.3) is 0 Å². The molecule has 0 radical (unpaired) electrons. The molecular weight excluding hydrogens is 437 g/mol. The van der Waals surface area contributed by atoms with Crippen molar-refractivity contribution in [2.75, 3.05) is 6.54 Å². The van der Waals surface area contributed by atoms with E-state index in [1.807, 2.05) is 24.3 Å². The lowest BCUT2D eigenvalue weighted by atomic mass is 10.1. The minimum Gasteiger partial charge on any atom is -0.460 e. The maximum absolute atomic E-state index is 13.1. The number of hydrogen-bond acceptors (Lipinski definition) is 4. The number of piperidine rings is 1. The zero-order valence-corrected chi connectivity index (χ0v) is 16.9. The predicted molar refractivity (Wildman–Crippen MR) is 102 cm³/mol. The second-order valence-electron chi connectivity index (χ2n) is 6.32. The van der Waals surface area contributed by atoms with Crippen LogP contribution in [-0.2, 0) is 26.2 Å². The third kappa shape index (κ3) is 4.75. The average Bonchev–Trinajstić information content (AvgIpc) is 2.67. The number of carbonyl (C=O) groups excluding carboxylic acids is 1. The van der Waals surface area contributed by atoms with E-state index in [0.29, 0.717) is 12.8 Å². The zero-order chi connectivity index (χ0) is 19.4. The van der Waals surface area contributed by atoms with Gasteiger partial charge in [0, 0.05) is 11.0 Å². The fraction of sp³-hybridized carbons (Fsp3) is 0.316. The summed E-state index contributed by atoms with van der Waals surface area (Å²) in [5.74, 6) is -1.08. The van der Waals surface area contributed by atoms with E-state index >= 15 is 0 Å². The highest BCUT2D eigenvalue weighted by atomic mass is 79.9. The number of nitrogens with zero attached hydrogens (tertiary/aromatic N) is 1. The quantitative estimate of drug-likeness (QED) is 0.641. The lowest BCUT2D eigenvalue weighted by Gasteiger charge is -2.33. The third-order valence-electron chi connectivity index (χ3n) is 4.44. The van der Waals surface area contributed by atoms with Gasteiger partial charge in [-0.1, -0.05) is 28.1 Å². The molecule has 0 amide bonds. The van der Waals surface area contributed by atoms with Crippen LogP contribution in [0.4, 0.5) is 4.39 Å². The van der Waals surface area contributed by atoms with E-state index in [1.54, 1.807) is 0 Å². The Labute approximate surface area is 166 Å². The van der Waals surface area contributed by atoms with E-state index in [9.17, 15) is 17.6 Å². The van der Waals surface area contributed by atoms with Gasteiger partial charge in [-0.05, 0) is 61.2 Å². The normalized spacial score (nSPS) is 18.2. The fourth-order valence-corrected chi connectivity index (χ4v) is 4.91. The number of sulfonamides is 1. The molecule has 144 valence electrons. The molecule has 2 aromatic rings. The largest absolute Gasteiger partial charge is 0.460 e. The van der Waals surface area contributed by atoms with Gasteiger partial charge in [-0.25, -0.2) is 12.8 Å². The molecule has 1 aliphatic rings. The first-order valence-electron chi connectivity index (χ1n) is 8.56.